The number of aliphatic hydroxyl groups is 1. The van der Waals surface area contributed by atoms with Crippen LogP contribution in [0.3, 0.4) is 0 Å². The first-order valence-electron chi connectivity index (χ1n) is 7.72. The van der Waals surface area contributed by atoms with E-state index in [0.717, 1.165) is 19.6 Å². The Kier molecular flexibility index (Phi) is 6.74. The van der Waals surface area contributed by atoms with E-state index in [-0.39, 0.29) is 0 Å². The van der Waals surface area contributed by atoms with Gasteiger partial charge in [-0.05, 0) is 39.9 Å². The zero-order chi connectivity index (χ0) is 14.5. The molecule has 1 rings (SSSR count). The van der Waals surface area contributed by atoms with E-state index in [1.165, 1.54) is 19.4 Å². The van der Waals surface area contributed by atoms with E-state index in [4.69, 9.17) is 0 Å². The van der Waals surface area contributed by atoms with Crippen molar-refractivity contribution >= 4 is 0 Å². The molecule has 1 aliphatic heterocycles. The molecule has 1 saturated heterocycles. The number of hydrogen-bond donors (Lipinski definition) is 2. The van der Waals surface area contributed by atoms with Gasteiger partial charge in [0, 0.05) is 31.7 Å². The summed E-state index contributed by atoms with van der Waals surface area (Å²) in [4.78, 5) is 4.83. The molecule has 19 heavy (non-hydrogen) atoms. The summed E-state index contributed by atoms with van der Waals surface area (Å²) < 4.78 is 0. The van der Waals surface area contributed by atoms with E-state index in [9.17, 15) is 5.11 Å². The molecule has 0 aliphatic carbocycles. The molecule has 2 unspecified atom stereocenters. The fourth-order valence-corrected chi connectivity index (χ4v) is 3.00. The number of rotatable bonds is 8. The van der Waals surface area contributed by atoms with Crippen molar-refractivity contribution in [2.24, 2.45) is 0 Å². The molecule has 0 aromatic rings. The molecule has 0 aromatic heterocycles. The normalized spacial score (nSPS) is 24.3. The summed E-state index contributed by atoms with van der Waals surface area (Å²) in [6.07, 6.45) is 2.61. The molecule has 1 aliphatic rings. The molecule has 0 saturated carbocycles. The van der Waals surface area contributed by atoms with Gasteiger partial charge in [0.15, 0.2) is 0 Å². The average Bonchev–Trinajstić information content (AvgIpc) is 2.73. The lowest BCUT2D eigenvalue weighted by molar-refractivity contribution is 0.0204. The summed E-state index contributed by atoms with van der Waals surface area (Å²) in [5.41, 5.74) is -0.658. The first kappa shape index (κ1) is 16.9. The Labute approximate surface area is 119 Å². The third kappa shape index (κ3) is 6.21. The van der Waals surface area contributed by atoms with Gasteiger partial charge in [-0.1, -0.05) is 20.8 Å². The predicted molar refractivity (Wildman–Crippen MR) is 81.5 cm³/mol. The third-order valence-corrected chi connectivity index (χ3v) is 3.93. The van der Waals surface area contributed by atoms with Gasteiger partial charge >= 0.3 is 0 Å². The average molecular weight is 271 g/mol. The van der Waals surface area contributed by atoms with Gasteiger partial charge in [-0.2, -0.15) is 0 Å². The second-order valence-electron chi connectivity index (χ2n) is 6.65. The molecule has 0 amide bonds. The summed E-state index contributed by atoms with van der Waals surface area (Å²) in [5, 5.41) is 13.7. The Morgan fingerprint density at radius 2 is 2.16 bits per heavy atom. The minimum Gasteiger partial charge on any atom is -0.388 e. The smallest absolute Gasteiger partial charge is 0.0869 e. The van der Waals surface area contributed by atoms with E-state index in [1.54, 1.807) is 0 Å². The van der Waals surface area contributed by atoms with E-state index in [0.29, 0.717) is 18.6 Å². The minimum absolute atomic E-state index is 0.419. The van der Waals surface area contributed by atoms with Crippen LogP contribution in [0.15, 0.2) is 0 Å². The van der Waals surface area contributed by atoms with Crippen molar-refractivity contribution in [2.45, 2.75) is 58.2 Å². The summed E-state index contributed by atoms with van der Waals surface area (Å²) in [5.74, 6) is 0. The maximum Gasteiger partial charge on any atom is 0.0869 e. The maximum atomic E-state index is 10.4. The lowest BCUT2D eigenvalue weighted by Crippen LogP contribution is -2.50. The highest BCUT2D eigenvalue weighted by Gasteiger charge is 2.27. The van der Waals surface area contributed by atoms with Crippen molar-refractivity contribution in [2.75, 3.05) is 39.8 Å². The molecule has 0 bridgehead atoms. The number of nitrogens with one attached hydrogen (secondary N) is 1. The lowest BCUT2D eigenvalue weighted by atomic mass is 10.1. The molecule has 0 radical (unpaired) electrons. The van der Waals surface area contributed by atoms with Crippen molar-refractivity contribution in [3.05, 3.63) is 0 Å². The minimum atomic E-state index is -0.658. The first-order valence-corrected chi connectivity index (χ1v) is 7.72. The SMILES string of the molecule is CCN1CCCC1CN(C)CC(C)(O)CNC(C)C. The van der Waals surface area contributed by atoms with Crippen LogP contribution in [0.2, 0.25) is 0 Å². The molecule has 1 heterocycles. The highest BCUT2D eigenvalue weighted by molar-refractivity contribution is 4.84. The van der Waals surface area contributed by atoms with Crippen molar-refractivity contribution in [1.82, 2.24) is 15.1 Å². The van der Waals surface area contributed by atoms with Gasteiger partial charge in [-0.3, -0.25) is 4.90 Å². The molecule has 2 atom stereocenters. The van der Waals surface area contributed by atoms with Crippen LogP contribution in [0.4, 0.5) is 0 Å². The molecule has 4 nitrogen and oxygen atoms in total. The largest absolute Gasteiger partial charge is 0.388 e. The van der Waals surface area contributed by atoms with Gasteiger partial charge in [-0.25, -0.2) is 0 Å². The zero-order valence-corrected chi connectivity index (χ0v) is 13.4. The number of likely N-dealkylation sites (tertiary alicyclic amines) is 1. The Balaban J connectivity index is 2.34. The van der Waals surface area contributed by atoms with Crippen molar-refractivity contribution in [1.29, 1.82) is 0 Å². The summed E-state index contributed by atoms with van der Waals surface area (Å²) in [6.45, 7) is 13.2. The fraction of sp³-hybridized carbons (Fsp3) is 1.00. The molecule has 2 N–H and O–H groups in total. The summed E-state index contributed by atoms with van der Waals surface area (Å²) in [6, 6.07) is 1.09. The molecular formula is C15H33N3O. The fourth-order valence-electron chi connectivity index (χ4n) is 3.00. The molecular weight excluding hydrogens is 238 g/mol. The molecule has 114 valence electrons. The Hall–Kier alpha value is -0.160. The predicted octanol–water partition coefficient (Wildman–Crippen LogP) is 1.15. The first-order chi connectivity index (χ1) is 8.84. The van der Waals surface area contributed by atoms with Crippen molar-refractivity contribution < 1.29 is 5.11 Å². The second-order valence-corrected chi connectivity index (χ2v) is 6.65. The van der Waals surface area contributed by atoms with Crippen LogP contribution in [0.5, 0.6) is 0 Å². The van der Waals surface area contributed by atoms with Crippen LogP contribution in [0, 0.1) is 0 Å². The van der Waals surface area contributed by atoms with Gasteiger partial charge in [0.05, 0.1) is 5.60 Å². The molecule has 4 heteroatoms. The van der Waals surface area contributed by atoms with E-state index in [1.807, 2.05) is 6.92 Å². The van der Waals surface area contributed by atoms with Gasteiger partial charge in [-0.15, -0.1) is 0 Å². The van der Waals surface area contributed by atoms with Crippen LogP contribution in [0.25, 0.3) is 0 Å². The number of hydrogen-bond acceptors (Lipinski definition) is 4. The Morgan fingerprint density at radius 1 is 1.47 bits per heavy atom. The highest BCUT2D eigenvalue weighted by atomic mass is 16.3. The summed E-state index contributed by atoms with van der Waals surface area (Å²) in [7, 11) is 2.12. The van der Waals surface area contributed by atoms with Crippen LogP contribution in [-0.4, -0.2) is 72.4 Å². The number of likely N-dealkylation sites (N-methyl/N-ethyl adjacent to an activating group) is 2. The number of nitrogens with zero attached hydrogens (tertiary/aromatic N) is 2. The topological polar surface area (TPSA) is 38.7 Å². The molecule has 0 spiro atoms. The van der Waals surface area contributed by atoms with Gasteiger partial charge in [0.1, 0.15) is 0 Å². The standard InChI is InChI=1S/C15H33N3O/c1-6-18-9-7-8-14(18)10-17(5)12-15(4,19)11-16-13(2)3/h13-14,16,19H,6-12H2,1-5H3. The van der Waals surface area contributed by atoms with Crippen LogP contribution in [-0.2, 0) is 0 Å². The lowest BCUT2D eigenvalue weighted by Gasteiger charge is -2.33. The van der Waals surface area contributed by atoms with Crippen LogP contribution in [0.1, 0.15) is 40.5 Å². The molecule has 0 aromatic carbocycles. The zero-order valence-electron chi connectivity index (χ0n) is 13.4. The van der Waals surface area contributed by atoms with E-state index < -0.39 is 5.60 Å². The summed E-state index contributed by atoms with van der Waals surface area (Å²) >= 11 is 0. The van der Waals surface area contributed by atoms with Crippen LogP contribution >= 0.6 is 0 Å². The van der Waals surface area contributed by atoms with Gasteiger partial charge in [0.2, 0.25) is 0 Å². The quantitative estimate of drug-likeness (QED) is 0.695. The van der Waals surface area contributed by atoms with Crippen molar-refractivity contribution in [3.63, 3.8) is 0 Å². The maximum absolute atomic E-state index is 10.4. The van der Waals surface area contributed by atoms with Gasteiger partial charge < -0.3 is 15.3 Å². The Morgan fingerprint density at radius 3 is 2.74 bits per heavy atom. The Bertz CT molecular complexity index is 256. The van der Waals surface area contributed by atoms with Crippen LogP contribution < -0.4 is 5.32 Å². The van der Waals surface area contributed by atoms with E-state index >= 15 is 0 Å². The third-order valence-electron chi connectivity index (χ3n) is 3.93. The highest BCUT2D eigenvalue weighted by Crippen LogP contribution is 2.18. The second kappa shape index (κ2) is 7.58. The van der Waals surface area contributed by atoms with Gasteiger partial charge in [0.25, 0.3) is 0 Å². The van der Waals surface area contributed by atoms with E-state index in [2.05, 4.69) is 42.9 Å². The van der Waals surface area contributed by atoms with Crippen molar-refractivity contribution in [3.8, 4) is 0 Å². The monoisotopic (exact) mass is 271 g/mol. The molecule has 1 fully saturated rings.